The van der Waals surface area contributed by atoms with Gasteiger partial charge in [-0.3, -0.25) is 9.59 Å². The summed E-state index contributed by atoms with van der Waals surface area (Å²) in [5.41, 5.74) is 4.48. The van der Waals surface area contributed by atoms with E-state index in [0.717, 1.165) is 16.7 Å². The maximum atomic E-state index is 12.9. The summed E-state index contributed by atoms with van der Waals surface area (Å²) in [4.78, 5) is 25.4. The Balaban J connectivity index is 1.40. The van der Waals surface area contributed by atoms with E-state index in [1.165, 1.54) is 9.08 Å². The van der Waals surface area contributed by atoms with Crippen LogP contribution in [0.3, 0.4) is 0 Å². The van der Waals surface area contributed by atoms with E-state index in [1.54, 1.807) is 18.5 Å². The molecule has 156 valence electrons. The lowest BCUT2D eigenvalue weighted by molar-refractivity contribution is -0.116. The number of fused-ring (bicyclic) bond motifs is 2. The van der Waals surface area contributed by atoms with E-state index in [9.17, 15) is 9.59 Å². The number of hydrogen-bond donors (Lipinski definition) is 1. The molecule has 0 bridgehead atoms. The number of hydrogen-bond acceptors (Lipinski definition) is 5. The van der Waals surface area contributed by atoms with Gasteiger partial charge in [0.2, 0.25) is 12.7 Å². The average Bonchev–Trinajstić information content (AvgIpc) is 3.39. The van der Waals surface area contributed by atoms with Gasteiger partial charge < -0.3 is 19.4 Å². The number of carbonyl (C=O) groups is 1. The molecule has 5 rings (SSSR count). The van der Waals surface area contributed by atoms with E-state index >= 15 is 0 Å². The van der Waals surface area contributed by atoms with Crippen molar-refractivity contribution in [3.8, 4) is 22.8 Å². The molecule has 1 aliphatic heterocycles. The van der Waals surface area contributed by atoms with Crippen molar-refractivity contribution in [3.63, 3.8) is 0 Å². The third kappa shape index (κ3) is 3.52. The number of aryl methyl sites for hydroxylation is 2. The Morgan fingerprint density at radius 3 is 2.71 bits per heavy atom. The highest BCUT2D eigenvalue weighted by Gasteiger charge is 2.16. The molecule has 4 aromatic rings. The maximum Gasteiger partial charge on any atom is 0.277 e. The molecule has 0 aliphatic carbocycles. The Hall–Kier alpha value is -4.07. The molecule has 1 amide bonds. The van der Waals surface area contributed by atoms with Gasteiger partial charge in [0.1, 0.15) is 12.1 Å². The molecule has 0 unspecified atom stereocenters. The minimum atomic E-state index is -0.294. The SMILES string of the molecule is Cc1ccc(NC(=O)Cn2ccn3nc(-c4ccc5c(c4)OCO5)cc3c2=O)cc1C. The van der Waals surface area contributed by atoms with Gasteiger partial charge in [0.05, 0.1) is 5.69 Å². The molecule has 1 N–H and O–H groups in total. The first-order chi connectivity index (χ1) is 15.0. The first kappa shape index (κ1) is 18.9. The second-order valence-electron chi connectivity index (χ2n) is 7.51. The maximum absolute atomic E-state index is 12.9. The van der Waals surface area contributed by atoms with Gasteiger partial charge in [-0.15, -0.1) is 0 Å². The molecule has 0 radical (unpaired) electrons. The summed E-state index contributed by atoms with van der Waals surface area (Å²) in [7, 11) is 0. The second-order valence-corrected chi connectivity index (χ2v) is 7.51. The normalized spacial score (nSPS) is 12.3. The van der Waals surface area contributed by atoms with Crippen LogP contribution in [-0.4, -0.2) is 26.9 Å². The van der Waals surface area contributed by atoms with Crippen molar-refractivity contribution in [3.05, 3.63) is 76.3 Å². The average molecular weight is 416 g/mol. The lowest BCUT2D eigenvalue weighted by Crippen LogP contribution is -2.28. The van der Waals surface area contributed by atoms with Crippen LogP contribution in [0, 0.1) is 13.8 Å². The fourth-order valence-corrected chi connectivity index (χ4v) is 3.52. The van der Waals surface area contributed by atoms with Gasteiger partial charge in [-0.1, -0.05) is 6.07 Å². The van der Waals surface area contributed by atoms with Crippen molar-refractivity contribution in [2.45, 2.75) is 20.4 Å². The number of aromatic nitrogens is 3. The van der Waals surface area contributed by atoms with Crippen LogP contribution < -0.4 is 20.3 Å². The summed E-state index contributed by atoms with van der Waals surface area (Å²) in [6, 6.07) is 12.9. The van der Waals surface area contributed by atoms with E-state index in [0.29, 0.717) is 28.4 Å². The fraction of sp³-hybridized carbons (Fsp3) is 0.174. The van der Waals surface area contributed by atoms with E-state index in [2.05, 4.69) is 10.4 Å². The third-order valence-corrected chi connectivity index (χ3v) is 5.38. The largest absolute Gasteiger partial charge is 0.454 e. The van der Waals surface area contributed by atoms with Gasteiger partial charge in [0.25, 0.3) is 5.56 Å². The van der Waals surface area contributed by atoms with Crippen molar-refractivity contribution in [1.29, 1.82) is 0 Å². The molecule has 31 heavy (non-hydrogen) atoms. The molecule has 3 heterocycles. The summed E-state index contributed by atoms with van der Waals surface area (Å²) in [5.74, 6) is 1.06. The van der Waals surface area contributed by atoms with Gasteiger partial charge in [0, 0.05) is 23.6 Å². The smallest absolute Gasteiger partial charge is 0.277 e. The highest BCUT2D eigenvalue weighted by molar-refractivity contribution is 5.90. The molecular formula is C23H20N4O4. The van der Waals surface area contributed by atoms with Crippen molar-refractivity contribution < 1.29 is 14.3 Å². The third-order valence-electron chi connectivity index (χ3n) is 5.38. The number of amides is 1. The Morgan fingerprint density at radius 1 is 1.03 bits per heavy atom. The number of anilines is 1. The van der Waals surface area contributed by atoms with Crippen LogP contribution >= 0.6 is 0 Å². The molecule has 0 fully saturated rings. The quantitative estimate of drug-likeness (QED) is 0.552. The van der Waals surface area contributed by atoms with E-state index in [4.69, 9.17) is 9.47 Å². The van der Waals surface area contributed by atoms with Gasteiger partial charge in [0.15, 0.2) is 11.5 Å². The Kier molecular flexibility index (Phi) is 4.47. The Morgan fingerprint density at radius 2 is 1.87 bits per heavy atom. The molecule has 8 nitrogen and oxygen atoms in total. The van der Waals surface area contributed by atoms with Crippen LogP contribution in [0.5, 0.6) is 11.5 Å². The van der Waals surface area contributed by atoms with Gasteiger partial charge >= 0.3 is 0 Å². The van der Waals surface area contributed by atoms with Gasteiger partial charge in [-0.2, -0.15) is 5.10 Å². The zero-order valence-electron chi connectivity index (χ0n) is 17.1. The first-order valence-electron chi connectivity index (χ1n) is 9.84. The molecule has 0 spiro atoms. The van der Waals surface area contributed by atoms with Crippen molar-refractivity contribution in [2.24, 2.45) is 0 Å². The summed E-state index contributed by atoms with van der Waals surface area (Å²) in [6.07, 6.45) is 3.22. The monoisotopic (exact) mass is 416 g/mol. The minimum absolute atomic E-state index is 0.0905. The Bertz CT molecular complexity index is 1390. The number of rotatable bonds is 4. The number of carbonyl (C=O) groups excluding carboxylic acids is 1. The summed E-state index contributed by atoms with van der Waals surface area (Å²) < 4.78 is 13.6. The molecule has 0 atom stereocenters. The highest BCUT2D eigenvalue weighted by atomic mass is 16.7. The summed E-state index contributed by atoms with van der Waals surface area (Å²) >= 11 is 0. The lowest BCUT2D eigenvalue weighted by atomic mass is 10.1. The van der Waals surface area contributed by atoms with Crippen LogP contribution in [0.4, 0.5) is 5.69 Å². The molecule has 2 aromatic heterocycles. The number of ether oxygens (including phenoxy) is 2. The van der Waals surface area contributed by atoms with E-state index < -0.39 is 0 Å². The number of nitrogens with zero attached hydrogens (tertiary/aromatic N) is 3. The summed E-state index contributed by atoms with van der Waals surface area (Å²) in [5, 5.41) is 7.32. The predicted octanol–water partition coefficient (Wildman–Crippen LogP) is 3.15. The number of nitrogens with one attached hydrogen (secondary N) is 1. The minimum Gasteiger partial charge on any atom is -0.454 e. The van der Waals surface area contributed by atoms with Crippen molar-refractivity contribution in [1.82, 2.24) is 14.2 Å². The van der Waals surface area contributed by atoms with E-state index in [-0.39, 0.29) is 24.8 Å². The van der Waals surface area contributed by atoms with Gasteiger partial charge in [-0.05, 0) is 61.4 Å². The van der Waals surface area contributed by atoms with Gasteiger partial charge in [-0.25, -0.2) is 4.52 Å². The van der Waals surface area contributed by atoms with Crippen molar-refractivity contribution in [2.75, 3.05) is 12.1 Å². The van der Waals surface area contributed by atoms with Crippen LogP contribution in [-0.2, 0) is 11.3 Å². The lowest BCUT2D eigenvalue weighted by Gasteiger charge is -2.09. The van der Waals surface area contributed by atoms with Crippen molar-refractivity contribution >= 4 is 17.1 Å². The molecule has 8 heteroatoms. The zero-order chi connectivity index (χ0) is 21.5. The molecule has 0 saturated heterocycles. The summed E-state index contributed by atoms with van der Waals surface area (Å²) in [6.45, 7) is 4.10. The number of benzene rings is 2. The zero-order valence-corrected chi connectivity index (χ0v) is 17.1. The Labute approximate surface area is 177 Å². The van der Waals surface area contributed by atoms with Crippen LogP contribution in [0.2, 0.25) is 0 Å². The first-order valence-corrected chi connectivity index (χ1v) is 9.84. The topological polar surface area (TPSA) is 86.9 Å². The standard InChI is InChI=1S/C23H20N4O4/c1-14-3-5-17(9-15(14)2)24-22(28)12-26-7-8-27-19(23(26)29)11-18(25-27)16-4-6-20-21(10-16)31-13-30-20/h3-11H,12-13H2,1-2H3,(H,24,28). The van der Waals surface area contributed by atoms with Crippen LogP contribution in [0.25, 0.3) is 16.8 Å². The predicted molar refractivity (Wildman–Crippen MR) is 116 cm³/mol. The van der Waals surface area contributed by atoms with Crippen LogP contribution in [0.1, 0.15) is 11.1 Å². The highest BCUT2D eigenvalue weighted by Crippen LogP contribution is 2.35. The molecule has 0 saturated carbocycles. The molecule has 2 aromatic carbocycles. The molecule has 1 aliphatic rings. The fourth-order valence-electron chi connectivity index (χ4n) is 3.52. The second kappa shape index (κ2) is 7.32. The van der Waals surface area contributed by atoms with Crippen LogP contribution in [0.15, 0.2) is 59.7 Å². The molecular weight excluding hydrogens is 396 g/mol. The van der Waals surface area contributed by atoms with E-state index in [1.807, 2.05) is 50.2 Å².